The number of halogens is 3. The number of hydrogen-bond acceptors (Lipinski definition) is 4. The van der Waals surface area contributed by atoms with Crippen LogP contribution in [0.2, 0.25) is 0 Å². The van der Waals surface area contributed by atoms with E-state index in [4.69, 9.17) is 0 Å². The number of fused-ring (bicyclic) bond motifs is 2. The van der Waals surface area contributed by atoms with Crippen LogP contribution in [0.1, 0.15) is 44.1 Å². The maximum atomic E-state index is 14.0. The van der Waals surface area contributed by atoms with Crippen LogP contribution in [0, 0.1) is 23.4 Å². The van der Waals surface area contributed by atoms with Crippen molar-refractivity contribution in [3.63, 3.8) is 0 Å². The fourth-order valence-electron chi connectivity index (χ4n) is 5.10. The van der Waals surface area contributed by atoms with Crippen molar-refractivity contribution in [3.8, 4) is 0 Å². The van der Waals surface area contributed by atoms with Gasteiger partial charge in [-0.25, -0.2) is 34.7 Å². The molecule has 7 nitrogen and oxygen atoms in total. The van der Waals surface area contributed by atoms with Gasteiger partial charge in [0.05, 0.1) is 17.0 Å². The molecule has 1 aliphatic carbocycles. The standard InChI is InChI=1S/C20H28F3N3O4S2/c21-17-11-19(23)18(22)9-12(17)10-20(24)13-7-14-1-2-15(8-13)26(14)31(27,28)6-5-25-32(29,30)16-3-4-16/h9,11,13-16,20,25H,1-8,10,24H2/p+1/t13?,14-,15+,20-/m1/s1. The van der Waals surface area contributed by atoms with E-state index in [1.54, 1.807) is 0 Å². The topological polar surface area (TPSA) is 111 Å². The van der Waals surface area contributed by atoms with Crippen molar-refractivity contribution in [1.29, 1.82) is 0 Å². The number of benzene rings is 1. The van der Waals surface area contributed by atoms with Gasteiger partial charge < -0.3 is 5.73 Å². The van der Waals surface area contributed by atoms with E-state index in [1.807, 2.05) is 0 Å². The van der Waals surface area contributed by atoms with Gasteiger partial charge in [0.15, 0.2) is 11.6 Å². The Morgan fingerprint density at radius 1 is 0.969 bits per heavy atom. The van der Waals surface area contributed by atoms with Crippen LogP contribution < -0.4 is 10.5 Å². The zero-order chi connectivity index (χ0) is 23.3. The quantitative estimate of drug-likeness (QED) is 0.495. The summed E-state index contributed by atoms with van der Waals surface area (Å²) in [6.45, 7) is -0.145. The summed E-state index contributed by atoms with van der Waals surface area (Å²) in [6, 6.07) is 0.714. The highest BCUT2D eigenvalue weighted by atomic mass is 32.2. The van der Waals surface area contributed by atoms with Crippen molar-refractivity contribution >= 4 is 20.0 Å². The molecule has 2 heterocycles. The summed E-state index contributed by atoms with van der Waals surface area (Å²) in [6.07, 6.45) is 3.90. The molecule has 12 heteroatoms. The van der Waals surface area contributed by atoms with E-state index < -0.39 is 42.7 Å². The predicted molar refractivity (Wildman–Crippen MR) is 112 cm³/mol. The molecule has 1 saturated carbocycles. The highest BCUT2D eigenvalue weighted by Crippen LogP contribution is 2.41. The Balaban J connectivity index is 1.37. The summed E-state index contributed by atoms with van der Waals surface area (Å²) in [7, 11) is -7.07. The lowest BCUT2D eigenvalue weighted by atomic mass is 9.83. The van der Waals surface area contributed by atoms with E-state index in [2.05, 4.69) is 10.5 Å². The maximum Gasteiger partial charge on any atom is 0.215 e. The summed E-state index contributed by atoms with van der Waals surface area (Å²) < 4.78 is 94.4. The second kappa shape index (κ2) is 8.86. The van der Waals surface area contributed by atoms with Crippen LogP contribution in [0.3, 0.4) is 0 Å². The molecule has 1 aromatic carbocycles. The van der Waals surface area contributed by atoms with Gasteiger partial charge in [0, 0.05) is 37.0 Å². The van der Waals surface area contributed by atoms with Crippen molar-refractivity contribution in [1.82, 2.24) is 9.03 Å². The minimum Gasteiger partial charge on any atom is -0.355 e. The Bertz CT molecular complexity index is 1070. The van der Waals surface area contributed by atoms with Crippen LogP contribution >= 0.6 is 0 Å². The van der Waals surface area contributed by atoms with Crippen LogP contribution in [-0.4, -0.2) is 56.8 Å². The van der Waals surface area contributed by atoms with E-state index in [0.29, 0.717) is 44.6 Å². The average molecular weight is 497 g/mol. The number of piperidine rings is 1. The second-order valence-electron chi connectivity index (χ2n) is 9.22. The lowest BCUT2D eigenvalue weighted by molar-refractivity contribution is -0.435. The summed E-state index contributed by atoms with van der Waals surface area (Å²) in [5, 5.41) is -0.398. The molecule has 0 aromatic heterocycles. The monoisotopic (exact) mass is 496 g/mol. The molecule has 4 N–H and O–H groups in total. The minimum absolute atomic E-state index is 0.0276. The highest BCUT2D eigenvalue weighted by molar-refractivity contribution is 7.90. The first-order valence-corrected chi connectivity index (χ1v) is 14.1. The average Bonchev–Trinajstić information content (AvgIpc) is 3.52. The lowest BCUT2D eigenvalue weighted by Crippen LogP contribution is -2.67. The van der Waals surface area contributed by atoms with Crippen molar-refractivity contribution < 1.29 is 35.7 Å². The molecule has 4 rings (SSSR count). The smallest absolute Gasteiger partial charge is 0.215 e. The third-order valence-electron chi connectivity index (χ3n) is 6.89. The molecule has 3 fully saturated rings. The molecule has 1 aromatic rings. The summed E-state index contributed by atoms with van der Waals surface area (Å²) >= 11 is 0. The number of sulfonamides is 2. The van der Waals surface area contributed by atoms with E-state index in [9.17, 15) is 30.0 Å². The lowest BCUT2D eigenvalue weighted by Gasteiger charge is -2.39. The first-order valence-electron chi connectivity index (χ1n) is 10.9. The summed E-state index contributed by atoms with van der Waals surface area (Å²) in [5.74, 6) is -3.41. The van der Waals surface area contributed by atoms with Gasteiger partial charge in [-0.1, -0.05) is 0 Å². The normalized spacial score (nSPS) is 27.6. The number of rotatable bonds is 9. The molecule has 2 aliphatic heterocycles. The Labute approximate surface area is 186 Å². The van der Waals surface area contributed by atoms with Crippen LogP contribution in [0.5, 0.6) is 0 Å². The van der Waals surface area contributed by atoms with E-state index in [0.717, 1.165) is 6.07 Å². The fourth-order valence-corrected chi connectivity index (χ4v) is 8.47. The molecule has 0 amide bonds. The molecule has 180 valence electrons. The third-order valence-corrected chi connectivity index (χ3v) is 10.8. The van der Waals surface area contributed by atoms with Crippen molar-refractivity contribution in [2.75, 3.05) is 12.3 Å². The Kier molecular flexibility index (Phi) is 6.63. The van der Waals surface area contributed by atoms with Gasteiger partial charge in [-0.15, -0.1) is 0 Å². The highest BCUT2D eigenvalue weighted by Gasteiger charge is 2.48. The fraction of sp³-hybridized carbons (Fsp3) is 0.700. The number of quaternary nitrogens is 1. The molecule has 3 aliphatic rings. The molecule has 0 spiro atoms. The van der Waals surface area contributed by atoms with Crippen molar-refractivity contribution in [3.05, 3.63) is 35.1 Å². The number of hydrogen-bond donors (Lipinski definition) is 2. The van der Waals surface area contributed by atoms with Gasteiger partial charge >= 0.3 is 0 Å². The van der Waals surface area contributed by atoms with Crippen LogP contribution in [0.25, 0.3) is 0 Å². The van der Waals surface area contributed by atoms with E-state index in [-0.39, 0.29) is 48.3 Å². The van der Waals surface area contributed by atoms with Gasteiger partial charge in [-0.05, 0) is 50.2 Å². The zero-order valence-electron chi connectivity index (χ0n) is 17.6. The molecule has 4 atom stereocenters. The van der Waals surface area contributed by atoms with Crippen LogP contribution in [0.4, 0.5) is 13.2 Å². The van der Waals surface area contributed by atoms with Gasteiger partial charge in [0.2, 0.25) is 20.0 Å². The van der Waals surface area contributed by atoms with Gasteiger partial charge in [-0.3, -0.25) is 0 Å². The molecule has 2 saturated heterocycles. The zero-order valence-corrected chi connectivity index (χ0v) is 19.3. The first-order chi connectivity index (χ1) is 15.0. The van der Waals surface area contributed by atoms with Crippen LogP contribution in [-0.2, 0) is 26.5 Å². The van der Waals surface area contributed by atoms with Gasteiger partial charge in [0.25, 0.3) is 0 Å². The first kappa shape index (κ1) is 23.9. The molecule has 32 heavy (non-hydrogen) atoms. The maximum absolute atomic E-state index is 14.0. The van der Waals surface area contributed by atoms with Crippen molar-refractivity contribution in [2.24, 2.45) is 5.92 Å². The molecule has 1 unspecified atom stereocenters. The SMILES string of the molecule is [NH3+][C@H](Cc1cc(F)c(F)cc1F)C1C[C@H]2CC[C@@H](C1)N2S(=O)(=O)CCNS(=O)(=O)C1CC1. The largest absolute Gasteiger partial charge is 0.355 e. The minimum atomic E-state index is -3.64. The third kappa shape index (κ3) is 4.98. The Hall–Kier alpha value is -1.21. The Morgan fingerprint density at radius 2 is 1.56 bits per heavy atom. The van der Waals surface area contributed by atoms with Crippen LogP contribution in [0.15, 0.2) is 12.1 Å². The predicted octanol–water partition coefficient (Wildman–Crippen LogP) is 0.912. The van der Waals surface area contributed by atoms with Gasteiger partial charge in [0.1, 0.15) is 5.82 Å². The van der Waals surface area contributed by atoms with Gasteiger partial charge in [-0.2, -0.15) is 4.31 Å². The van der Waals surface area contributed by atoms with E-state index >= 15 is 0 Å². The second-order valence-corrected chi connectivity index (χ2v) is 13.3. The molecular weight excluding hydrogens is 467 g/mol. The molecule has 0 radical (unpaired) electrons. The number of nitrogens with zero attached hydrogens (tertiary/aromatic N) is 1. The summed E-state index contributed by atoms with van der Waals surface area (Å²) in [4.78, 5) is 0. The molecular formula is C20H29F3N3O4S2+. The van der Waals surface area contributed by atoms with E-state index in [1.165, 1.54) is 4.31 Å². The number of nitrogens with one attached hydrogen (secondary N) is 1. The Morgan fingerprint density at radius 3 is 2.16 bits per heavy atom. The summed E-state index contributed by atoms with van der Waals surface area (Å²) in [5.41, 5.74) is 4.17. The van der Waals surface area contributed by atoms with Crippen molar-refractivity contribution in [2.45, 2.75) is 68.3 Å². The molecule has 2 bridgehead atoms.